The largest absolute Gasteiger partial charge is 0.414 e. The van der Waals surface area contributed by atoms with Crippen LogP contribution in [0.2, 0.25) is 38.3 Å². The average molecular weight is 261 g/mol. The molecule has 0 radical (unpaired) electrons. The van der Waals surface area contributed by atoms with E-state index in [1.54, 1.807) is 0 Å². The summed E-state index contributed by atoms with van der Waals surface area (Å²) >= 11 is 0. The van der Waals surface area contributed by atoms with Gasteiger partial charge in [-0.15, -0.1) is 0 Å². The van der Waals surface area contributed by atoms with Crippen molar-refractivity contribution in [1.82, 2.24) is 0 Å². The molecule has 0 bridgehead atoms. The van der Waals surface area contributed by atoms with Crippen LogP contribution in [0.1, 0.15) is 40.5 Å². The molecule has 0 aliphatic carbocycles. The Kier molecular flexibility index (Phi) is 5.49. The lowest BCUT2D eigenvalue weighted by Crippen LogP contribution is -2.59. The van der Waals surface area contributed by atoms with E-state index in [-0.39, 0.29) is 5.22 Å². The Balaban J connectivity index is 5.11. The molecule has 0 amide bonds. The maximum atomic E-state index is 6.75. The van der Waals surface area contributed by atoms with Crippen molar-refractivity contribution in [1.29, 1.82) is 0 Å². The van der Waals surface area contributed by atoms with E-state index < -0.39 is 16.4 Å². The number of hydrogen-bond acceptors (Lipinski definition) is 1. The molecule has 0 spiro atoms. The van der Waals surface area contributed by atoms with Crippen molar-refractivity contribution in [2.75, 3.05) is 0 Å². The Hall–Kier alpha value is 0.394. The van der Waals surface area contributed by atoms with Gasteiger partial charge in [0.2, 0.25) is 0 Å². The first-order chi connectivity index (χ1) is 7.02. The highest BCUT2D eigenvalue weighted by molar-refractivity contribution is 6.81. The van der Waals surface area contributed by atoms with Crippen LogP contribution in [0.5, 0.6) is 0 Å². The number of rotatable bonds is 6. The van der Waals surface area contributed by atoms with E-state index in [1.807, 2.05) is 0 Å². The average Bonchev–Trinajstić information content (AvgIpc) is 2.12. The molecule has 0 aromatic rings. The van der Waals surface area contributed by atoms with E-state index in [9.17, 15) is 0 Å². The summed E-state index contributed by atoms with van der Waals surface area (Å²) in [4.78, 5) is 0. The van der Waals surface area contributed by atoms with Crippen molar-refractivity contribution in [3.8, 4) is 0 Å². The molecule has 1 nitrogen and oxygen atoms in total. The molecule has 0 saturated heterocycles. The van der Waals surface area contributed by atoms with Crippen molar-refractivity contribution in [3.05, 3.63) is 0 Å². The van der Waals surface area contributed by atoms with Gasteiger partial charge in [-0.05, 0) is 31.5 Å². The van der Waals surface area contributed by atoms with Gasteiger partial charge in [0.25, 0.3) is 0 Å². The highest BCUT2D eigenvalue weighted by atomic mass is 28.4. The minimum atomic E-state index is -1.53. The molecule has 0 unspecified atom stereocenters. The molecule has 3 heteroatoms. The van der Waals surface area contributed by atoms with Gasteiger partial charge in [-0.1, -0.05) is 47.3 Å². The molecular weight excluding hydrogens is 228 g/mol. The molecule has 0 aliphatic heterocycles. The molecular formula is C13H32OSi2. The third-order valence-corrected chi connectivity index (χ3v) is 11.8. The van der Waals surface area contributed by atoms with Gasteiger partial charge in [0.05, 0.1) is 8.07 Å². The normalized spacial score (nSPS) is 14.6. The van der Waals surface area contributed by atoms with E-state index in [2.05, 4.69) is 60.4 Å². The molecule has 0 aromatic heterocycles. The minimum absolute atomic E-state index is 0.187. The minimum Gasteiger partial charge on any atom is -0.414 e. The fourth-order valence-corrected chi connectivity index (χ4v) is 7.90. The molecule has 0 atom stereocenters. The van der Waals surface area contributed by atoms with Crippen LogP contribution >= 0.6 is 0 Å². The predicted octanol–water partition coefficient (Wildman–Crippen LogP) is 5.05. The molecule has 0 aliphatic rings. The molecule has 0 fully saturated rings. The van der Waals surface area contributed by atoms with Gasteiger partial charge in [0.1, 0.15) is 0 Å². The standard InChI is InChI=1S/C13H32OSi2/c1-10-13(11-2,15(5,6)7)14-16(8,9)12(3)4/h12H,10-11H2,1-9H3. The lowest BCUT2D eigenvalue weighted by atomic mass is 10.2. The predicted molar refractivity (Wildman–Crippen MR) is 80.3 cm³/mol. The molecule has 0 aromatic carbocycles. The third kappa shape index (κ3) is 3.44. The zero-order valence-electron chi connectivity index (χ0n) is 12.9. The second-order valence-electron chi connectivity index (χ2n) is 6.81. The van der Waals surface area contributed by atoms with Crippen molar-refractivity contribution < 1.29 is 4.43 Å². The van der Waals surface area contributed by atoms with Gasteiger partial charge in [-0.2, -0.15) is 0 Å². The van der Waals surface area contributed by atoms with Gasteiger partial charge < -0.3 is 4.43 Å². The summed E-state index contributed by atoms with van der Waals surface area (Å²) < 4.78 is 6.75. The monoisotopic (exact) mass is 260 g/mol. The molecule has 16 heavy (non-hydrogen) atoms. The topological polar surface area (TPSA) is 9.23 Å². The highest BCUT2D eigenvalue weighted by Crippen LogP contribution is 2.37. The van der Waals surface area contributed by atoms with Gasteiger partial charge in [0.15, 0.2) is 8.32 Å². The van der Waals surface area contributed by atoms with Crippen LogP contribution in [0.4, 0.5) is 0 Å². The lowest BCUT2D eigenvalue weighted by molar-refractivity contribution is 0.121. The smallest absolute Gasteiger partial charge is 0.189 e. The SMILES string of the molecule is CCC(CC)(O[Si](C)(C)C(C)C)[Si](C)(C)C. The zero-order valence-corrected chi connectivity index (χ0v) is 14.9. The van der Waals surface area contributed by atoms with Crippen molar-refractivity contribution in [2.45, 2.75) is 84.0 Å². The van der Waals surface area contributed by atoms with Gasteiger partial charge >= 0.3 is 0 Å². The van der Waals surface area contributed by atoms with Gasteiger partial charge in [-0.3, -0.25) is 0 Å². The first-order valence-corrected chi connectivity index (χ1v) is 13.2. The van der Waals surface area contributed by atoms with Gasteiger partial charge in [-0.25, -0.2) is 0 Å². The van der Waals surface area contributed by atoms with Crippen LogP contribution in [0.25, 0.3) is 0 Å². The Morgan fingerprint density at radius 3 is 1.50 bits per heavy atom. The van der Waals surface area contributed by atoms with E-state index in [1.165, 1.54) is 12.8 Å². The summed E-state index contributed by atoms with van der Waals surface area (Å²) in [7, 11) is -2.81. The van der Waals surface area contributed by atoms with Crippen LogP contribution in [0.15, 0.2) is 0 Å². The fraction of sp³-hybridized carbons (Fsp3) is 1.00. The maximum Gasteiger partial charge on any atom is 0.189 e. The first kappa shape index (κ1) is 16.4. The number of hydrogen-bond donors (Lipinski definition) is 0. The first-order valence-electron chi connectivity index (χ1n) is 6.72. The Bertz CT molecular complexity index is 212. The summed E-state index contributed by atoms with van der Waals surface area (Å²) in [6.45, 7) is 21.3. The molecule has 0 saturated carbocycles. The summed E-state index contributed by atoms with van der Waals surface area (Å²) in [5.41, 5.74) is 0.696. The summed E-state index contributed by atoms with van der Waals surface area (Å²) in [5.74, 6) is 0. The van der Waals surface area contributed by atoms with Crippen LogP contribution in [0, 0.1) is 0 Å². The van der Waals surface area contributed by atoms with Crippen molar-refractivity contribution >= 4 is 16.4 Å². The second-order valence-corrected chi connectivity index (χ2v) is 16.8. The maximum absolute atomic E-state index is 6.75. The van der Waals surface area contributed by atoms with Gasteiger partial charge in [0, 0.05) is 5.22 Å². The Labute approximate surface area is 105 Å². The second kappa shape index (κ2) is 5.36. The van der Waals surface area contributed by atoms with E-state index in [4.69, 9.17) is 4.43 Å². The summed E-state index contributed by atoms with van der Waals surface area (Å²) in [6.07, 6.45) is 2.34. The fourth-order valence-electron chi connectivity index (χ4n) is 2.23. The van der Waals surface area contributed by atoms with Crippen LogP contribution in [0.3, 0.4) is 0 Å². The zero-order chi connectivity index (χ0) is 13.2. The summed E-state index contributed by atoms with van der Waals surface area (Å²) in [5, 5.41) is 0.187. The van der Waals surface area contributed by atoms with E-state index in [0.29, 0.717) is 5.54 Å². The van der Waals surface area contributed by atoms with Crippen molar-refractivity contribution in [3.63, 3.8) is 0 Å². The van der Waals surface area contributed by atoms with Crippen LogP contribution in [-0.4, -0.2) is 21.6 Å². The van der Waals surface area contributed by atoms with Crippen LogP contribution in [-0.2, 0) is 4.43 Å². The molecule has 98 valence electrons. The summed E-state index contributed by atoms with van der Waals surface area (Å²) in [6, 6.07) is 0. The Morgan fingerprint density at radius 2 is 1.31 bits per heavy atom. The van der Waals surface area contributed by atoms with E-state index in [0.717, 1.165) is 0 Å². The molecule has 0 heterocycles. The molecule has 0 N–H and O–H groups in total. The molecule has 0 rings (SSSR count). The lowest BCUT2D eigenvalue weighted by Gasteiger charge is -2.48. The Morgan fingerprint density at radius 1 is 0.938 bits per heavy atom. The third-order valence-electron chi connectivity index (χ3n) is 4.36. The highest BCUT2D eigenvalue weighted by Gasteiger charge is 2.46. The van der Waals surface area contributed by atoms with Crippen LogP contribution < -0.4 is 0 Å². The van der Waals surface area contributed by atoms with E-state index >= 15 is 0 Å². The van der Waals surface area contributed by atoms with Crippen molar-refractivity contribution in [2.24, 2.45) is 0 Å². The quantitative estimate of drug-likeness (QED) is 0.607.